The minimum absolute atomic E-state index is 0.00741. The molecule has 26 heavy (non-hydrogen) atoms. The van der Waals surface area contributed by atoms with Crippen LogP contribution in [0.2, 0.25) is 0 Å². The number of ether oxygens (including phenoxy) is 2. The van der Waals surface area contributed by atoms with E-state index in [2.05, 4.69) is 20.4 Å². The monoisotopic (exact) mass is 358 g/mol. The summed E-state index contributed by atoms with van der Waals surface area (Å²) in [7, 11) is 0. The first-order valence-electron chi connectivity index (χ1n) is 8.63. The van der Waals surface area contributed by atoms with Crippen LogP contribution in [-0.2, 0) is 9.47 Å². The van der Waals surface area contributed by atoms with Crippen molar-refractivity contribution in [3.8, 4) is 0 Å². The fourth-order valence-corrected chi connectivity index (χ4v) is 3.40. The van der Waals surface area contributed by atoms with E-state index in [1.54, 1.807) is 6.26 Å². The van der Waals surface area contributed by atoms with Crippen molar-refractivity contribution in [3.63, 3.8) is 0 Å². The van der Waals surface area contributed by atoms with Crippen LogP contribution in [0, 0.1) is 22.0 Å². The first-order chi connectivity index (χ1) is 12.4. The fourth-order valence-electron chi connectivity index (χ4n) is 3.40. The normalized spacial score (nSPS) is 25.3. The molecular formula is C19H22N2O5. The Bertz CT molecular complexity index is 741. The zero-order valence-electron chi connectivity index (χ0n) is 14.8. The number of nitro benzene ring substituents is 1. The second-order valence-corrected chi connectivity index (χ2v) is 7.02. The number of non-ortho nitro benzene ring substituents is 1. The number of carbonyl (C=O) groups excluding carboxylic acids is 1. The SMILES string of the molecule is C=C1[C@@H]([C@H]2C=CO[C@@H](CC(C)C)C2)OC(=O)N1c1ccc([N+](=O)[O-])cc1. The highest BCUT2D eigenvalue weighted by atomic mass is 16.6. The maximum absolute atomic E-state index is 12.4. The minimum Gasteiger partial charge on any atom is -0.498 e. The van der Waals surface area contributed by atoms with Crippen LogP contribution in [0.5, 0.6) is 0 Å². The lowest BCUT2D eigenvalue weighted by Crippen LogP contribution is -2.30. The molecule has 138 valence electrons. The van der Waals surface area contributed by atoms with Crippen molar-refractivity contribution in [2.45, 2.75) is 38.9 Å². The summed E-state index contributed by atoms with van der Waals surface area (Å²) in [5.74, 6) is 0.505. The summed E-state index contributed by atoms with van der Waals surface area (Å²) in [6.45, 7) is 8.31. The van der Waals surface area contributed by atoms with Gasteiger partial charge in [0.2, 0.25) is 0 Å². The highest BCUT2D eigenvalue weighted by Crippen LogP contribution is 2.37. The van der Waals surface area contributed by atoms with E-state index in [-0.39, 0.29) is 17.7 Å². The van der Waals surface area contributed by atoms with Crippen LogP contribution >= 0.6 is 0 Å². The predicted octanol–water partition coefficient (Wildman–Crippen LogP) is 4.40. The molecule has 1 amide bonds. The first kappa shape index (κ1) is 18.0. The first-order valence-corrected chi connectivity index (χ1v) is 8.63. The zero-order valence-corrected chi connectivity index (χ0v) is 14.8. The molecule has 2 heterocycles. The van der Waals surface area contributed by atoms with E-state index in [4.69, 9.17) is 9.47 Å². The summed E-state index contributed by atoms with van der Waals surface area (Å²) < 4.78 is 11.2. The molecule has 1 aromatic rings. The highest BCUT2D eigenvalue weighted by molar-refractivity contribution is 5.94. The van der Waals surface area contributed by atoms with Crippen LogP contribution in [-0.4, -0.2) is 23.2 Å². The Kier molecular flexibility index (Phi) is 4.97. The molecule has 3 atom stereocenters. The lowest BCUT2D eigenvalue weighted by Gasteiger charge is -2.29. The van der Waals surface area contributed by atoms with Crippen molar-refractivity contribution in [2.24, 2.45) is 11.8 Å². The summed E-state index contributed by atoms with van der Waals surface area (Å²) >= 11 is 0. The number of nitro groups is 1. The molecule has 0 saturated carbocycles. The summed E-state index contributed by atoms with van der Waals surface area (Å²) in [6, 6.07) is 5.76. The van der Waals surface area contributed by atoms with Crippen LogP contribution in [0.25, 0.3) is 0 Å². The maximum Gasteiger partial charge on any atom is 0.419 e. The van der Waals surface area contributed by atoms with Crippen LogP contribution < -0.4 is 4.90 Å². The molecule has 1 saturated heterocycles. The third-order valence-corrected chi connectivity index (χ3v) is 4.60. The minimum atomic E-state index is -0.519. The maximum atomic E-state index is 12.4. The van der Waals surface area contributed by atoms with Gasteiger partial charge >= 0.3 is 6.09 Å². The van der Waals surface area contributed by atoms with E-state index in [9.17, 15) is 14.9 Å². The summed E-state index contributed by atoms with van der Waals surface area (Å²) in [5.41, 5.74) is 0.999. The summed E-state index contributed by atoms with van der Waals surface area (Å²) in [4.78, 5) is 24.1. The lowest BCUT2D eigenvalue weighted by molar-refractivity contribution is -0.384. The van der Waals surface area contributed by atoms with Gasteiger partial charge in [-0.05, 0) is 37.0 Å². The predicted molar refractivity (Wildman–Crippen MR) is 96.6 cm³/mol. The number of rotatable bonds is 5. The Morgan fingerprint density at radius 1 is 1.35 bits per heavy atom. The molecule has 7 nitrogen and oxygen atoms in total. The zero-order chi connectivity index (χ0) is 18.8. The highest BCUT2D eigenvalue weighted by Gasteiger charge is 2.42. The number of benzene rings is 1. The number of hydrogen-bond acceptors (Lipinski definition) is 5. The molecule has 0 N–H and O–H groups in total. The number of hydrogen-bond donors (Lipinski definition) is 0. The third-order valence-electron chi connectivity index (χ3n) is 4.60. The average Bonchev–Trinajstić information content (AvgIpc) is 2.89. The summed E-state index contributed by atoms with van der Waals surface area (Å²) in [6.07, 6.45) is 4.36. The Morgan fingerprint density at radius 3 is 2.65 bits per heavy atom. The Labute approximate surface area is 152 Å². The Morgan fingerprint density at radius 2 is 2.04 bits per heavy atom. The molecular weight excluding hydrogens is 336 g/mol. The molecule has 0 bridgehead atoms. The van der Waals surface area contributed by atoms with Gasteiger partial charge < -0.3 is 9.47 Å². The molecule has 0 aliphatic carbocycles. The number of amides is 1. The molecule has 0 unspecified atom stereocenters. The standard InChI is InChI=1S/C19H22N2O5/c1-12(2)10-17-11-14(8-9-25-17)18-13(3)20(19(22)26-18)15-4-6-16(7-5-15)21(23)24/h4-9,12,14,17-18H,3,10-11H2,1-2H3/t14-,17-,18-/m0/s1. The van der Waals surface area contributed by atoms with E-state index in [0.717, 1.165) is 12.8 Å². The van der Waals surface area contributed by atoms with Crippen molar-refractivity contribution in [1.29, 1.82) is 0 Å². The van der Waals surface area contributed by atoms with Crippen LogP contribution in [0.1, 0.15) is 26.7 Å². The largest absolute Gasteiger partial charge is 0.498 e. The van der Waals surface area contributed by atoms with Crippen molar-refractivity contribution in [3.05, 3.63) is 59.0 Å². The molecule has 3 rings (SSSR count). The van der Waals surface area contributed by atoms with Crippen molar-refractivity contribution in [1.82, 2.24) is 0 Å². The fraction of sp³-hybridized carbons (Fsp3) is 0.421. The van der Waals surface area contributed by atoms with Gasteiger partial charge in [-0.25, -0.2) is 9.69 Å². The van der Waals surface area contributed by atoms with Gasteiger partial charge in [-0.15, -0.1) is 0 Å². The van der Waals surface area contributed by atoms with Gasteiger partial charge in [0.05, 0.1) is 28.7 Å². The molecule has 7 heteroatoms. The Hall–Kier alpha value is -2.83. The lowest BCUT2D eigenvalue weighted by atomic mass is 9.89. The van der Waals surface area contributed by atoms with E-state index < -0.39 is 17.1 Å². The van der Waals surface area contributed by atoms with E-state index >= 15 is 0 Å². The topological polar surface area (TPSA) is 81.9 Å². The molecule has 2 aliphatic rings. The molecule has 2 aliphatic heterocycles. The van der Waals surface area contributed by atoms with E-state index in [0.29, 0.717) is 17.3 Å². The smallest absolute Gasteiger partial charge is 0.419 e. The van der Waals surface area contributed by atoms with Crippen LogP contribution in [0.3, 0.4) is 0 Å². The van der Waals surface area contributed by atoms with Crippen molar-refractivity contribution in [2.75, 3.05) is 4.90 Å². The molecule has 0 aromatic heterocycles. The number of carbonyl (C=O) groups is 1. The van der Waals surface area contributed by atoms with Crippen LogP contribution in [0.4, 0.5) is 16.2 Å². The molecule has 1 aromatic carbocycles. The van der Waals surface area contributed by atoms with Gasteiger partial charge in [-0.2, -0.15) is 0 Å². The number of cyclic esters (lactones) is 1. The van der Waals surface area contributed by atoms with Gasteiger partial charge in [0.25, 0.3) is 5.69 Å². The summed E-state index contributed by atoms with van der Waals surface area (Å²) in [5, 5.41) is 10.8. The van der Waals surface area contributed by atoms with Crippen LogP contribution in [0.15, 0.2) is 48.9 Å². The quantitative estimate of drug-likeness (QED) is 0.575. The Balaban J connectivity index is 1.75. The van der Waals surface area contributed by atoms with Gasteiger partial charge in [0.1, 0.15) is 0 Å². The number of nitrogens with zero attached hydrogens (tertiary/aromatic N) is 2. The van der Waals surface area contributed by atoms with E-state index in [1.807, 2.05) is 6.08 Å². The van der Waals surface area contributed by atoms with Gasteiger partial charge in [-0.3, -0.25) is 10.1 Å². The average molecular weight is 358 g/mol. The van der Waals surface area contributed by atoms with Gasteiger partial charge in [0, 0.05) is 18.1 Å². The molecule has 0 radical (unpaired) electrons. The molecule has 1 fully saturated rings. The second kappa shape index (κ2) is 7.19. The molecule has 0 spiro atoms. The third kappa shape index (κ3) is 3.56. The number of anilines is 1. The van der Waals surface area contributed by atoms with Gasteiger partial charge in [-0.1, -0.05) is 20.4 Å². The van der Waals surface area contributed by atoms with E-state index in [1.165, 1.54) is 29.2 Å². The van der Waals surface area contributed by atoms with Gasteiger partial charge in [0.15, 0.2) is 6.10 Å². The van der Waals surface area contributed by atoms with Crippen molar-refractivity contribution >= 4 is 17.5 Å². The van der Waals surface area contributed by atoms with Crippen molar-refractivity contribution < 1.29 is 19.2 Å². The second-order valence-electron chi connectivity index (χ2n) is 7.02.